The van der Waals surface area contributed by atoms with Crippen LogP contribution in [0.5, 0.6) is 0 Å². The zero-order valence-electron chi connectivity index (χ0n) is 13.0. The molecule has 0 saturated heterocycles. The Hall–Kier alpha value is -0.960. The van der Waals surface area contributed by atoms with Gasteiger partial charge in [-0.3, -0.25) is 0 Å². The van der Waals surface area contributed by atoms with Crippen LogP contribution in [0.3, 0.4) is 0 Å². The molecule has 0 unspecified atom stereocenters. The van der Waals surface area contributed by atoms with E-state index < -0.39 is 0 Å². The molecule has 3 aliphatic rings. The zero-order valence-corrected chi connectivity index (χ0v) is 13.0. The van der Waals surface area contributed by atoms with Crippen molar-refractivity contribution in [1.29, 1.82) is 0 Å². The molecule has 4 rings (SSSR count). The zero-order chi connectivity index (χ0) is 14.1. The first kappa shape index (κ1) is 13.7. The SMILES string of the molecule is C1CCCC(c2nc3c(c(C4CCC4)n2)CNCC3)CC1. The molecule has 1 aliphatic heterocycles. The molecule has 21 heavy (non-hydrogen) atoms. The van der Waals surface area contributed by atoms with Crippen LogP contribution in [0.25, 0.3) is 0 Å². The molecule has 2 fully saturated rings. The van der Waals surface area contributed by atoms with Gasteiger partial charge >= 0.3 is 0 Å². The number of aromatic nitrogens is 2. The molecule has 0 amide bonds. The second-order valence-electron chi connectivity index (χ2n) is 7.14. The van der Waals surface area contributed by atoms with Gasteiger partial charge in [0.05, 0.1) is 11.4 Å². The molecular weight excluding hydrogens is 258 g/mol. The van der Waals surface area contributed by atoms with Crippen molar-refractivity contribution >= 4 is 0 Å². The minimum absolute atomic E-state index is 0.631. The van der Waals surface area contributed by atoms with E-state index >= 15 is 0 Å². The highest BCUT2D eigenvalue weighted by molar-refractivity contribution is 5.32. The number of nitrogens with zero attached hydrogens (tertiary/aromatic N) is 2. The van der Waals surface area contributed by atoms with Gasteiger partial charge in [-0.1, -0.05) is 32.1 Å². The van der Waals surface area contributed by atoms with Crippen molar-refractivity contribution < 1.29 is 0 Å². The van der Waals surface area contributed by atoms with Crippen molar-refractivity contribution in [2.24, 2.45) is 0 Å². The van der Waals surface area contributed by atoms with Gasteiger partial charge in [-0.15, -0.1) is 0 Å². The Bertz CT molecular complexity index is 499. The molecule has 1 N–H and O–H groups in total. The summed E-state index contributed by atoms with van der Waals surface area (Å²) in [7, 11) is 0. The normalized spacial score (nSPS) is 24.2. The first-order valence-electron chi connectivity index (χ1n) is 9.02. The molecule has 1 aromatic rings. The van der Waals surface area contributed by atoms with E-state index in [1.807, 2.05) is 0 Å². The van der Waals surface area contributed by atoms with Crippen molar-refractivity contribution in [2.75, 3.05) is 6.54 Å². The summed E-state index contributed by atoms with van der Waals surface area (Å²) in [5.41, 5.74) is 4.23. The Morgan fingerprint density at radius 2 is 1.57 bits per heavy atom. The lowest BCUT2D eigenvalue weighted by Gasteiger charge is -2.30. The molecule has 2 aliphatic carbocycles. The third-order valence-electron chi connectivity index (χ3n) is 5.69. The fraction of sp³-hybridized carbons (Fsp3) is 0.778. The molecule has 114 valence electrons. The second kappa shape index (κ2) is 6.04. The fourth-order valence-corrected chi connectivity index (χ4v) is 4.13. The molecule has 0 bridgehead atoms. The maximum absolute atomic E-state index is 5.12. The van der Waals surface area contributed by atoms with Gasteiger partial charge in [0.15, 0.2) is 0 Å². The first-order valence-corrected chi connectivity index (χ1v) is 9.02. The highest BCUT2D eigenvalue weighted by Gasteiger charge is 2.29. The molecule has 2 saturated carbocycles. The standard InChI is InChI=1S/C18H27N3/c1-2-4-7-14(6-3-1)18-20-16-10-11-19-12-15(16)17(21-18)13-8-5-9-13/h13-14,19H,1-12H2. The lowest BCUT2D eigenvalue weighted by Crippen LogP contribution is -2.29. The number of fused-ring (bicyclic) bond motifs is 1. The highest BCUT2D eigenvalue weighted by atomic mass is 15.0. The summed E-state index contributed by atoms with van der Waals surface area (Å²) in [5, 5.41) is 3.51. The van der Waals surface area contributed by atoms with Gasteiger partial charge in [-0.05, 0) is 25.7 Å². The minimum Gasteiger partial charge on any atom is -0.312 e. The maximum Gasteiger partial charge on any atom is 0.131 e. The van der Waals surface area contributed by atoms with Gasteiger partial charge in [0.1, 0.15) is 5.82 Å². The van der Waals surface area contributed by atoms with Crippen molar-refractivity contribution in [3.05, 3.63) is 22.8 Å². The minimum atomic E-state index is 0.631. The average Bonchev–Trinajstić information content (AvgIpc) is 2.74. The van der Waals surface area contributed by atoms with Crippen LogP contribution in [0.2, 0.25) is 0 Å². The van der Waals surface area contributed by atoms with Gasteiger partial charge < -0.3 is 5.32 Å². The van der Waals surface area contributed by atoms with Crippen LogP contribution in [0.15, 0.2) is 0 Å². The summed E-state index contributed by atoms with van der Waals surface area (Å²) in [6, 6.07) is 0. The molecule has 3 nitrogen and oxygen atoms in total. The van der Waals surface area contributed by atoms with Crippen LogP contribution in [0, 0.1) is 0 Å². The van der Waals surface area contributed by atoms with Gasteiger partial charge in [0.2, 0.25) is 0 Å². The Kier molecular flexibility index (Phi) is 3.93. The molecule has 0 spiro atoms. The van der Waals surface area contributed by atoms with Crippen LogP contribution in [0.1, 0.15) is 92.4 Å². The third kappa shape index (κ3) is 2.73. The summed E-state index contributed by atoms with van der Waals surface area (Å²) in [6.07, 6.45) is 13.3. The molecule has 2 heterocycles. The quantitative estimate of drug-likeness (QED) is 0.839. The summed E-state index contributed by atoms with van der Waals surface area (Å²) in [5.74, 6) is 2.55. The van der Waals surface area contributed by atoms with E-state index in [1.165, 1.54) is 80.6 Å². The highest BCUT2D eigenvalue weighted by Crippen LogP contribution is 2.39. The van der Waals surface area contributed by atoms with Crippen LogP contribution in [-0.2, 0) is 13.0 Å². The lowest BCUT2D eigenvalue weighted by atomic mass is 9.80. The van der Waals surface area contributed by atoms with Crippen molar-refractivity contribution in [2.45, 2.75) is 82.6 Å². The predicted molar refractivity (Wildman–Crippen MR) is 84.5 cm³/mol. The second-order valence-corrected chi connectivity index (χ2v) is 7.14. The first-order chi connectivity index (χ1) is 10.4. The maximum atomic E-state index is 5.12. The van der Waals surface area contributed by atoms with Gasteiger partial charge in [-0.25, -0.2) is 9.97 Å². The van der Waals surface area contributed by atoms with Crippen LogP contribution in [0.4, 0.5) is 0 Å². The van der Waals surface area contributed by atoms with E-state index in [0.29, 0.717) is 5.92 Å². The molecule has 1 aromatic heterocycles. The van der Waals surface area contributed by atoms with E-state index in [2.05, 4.69) is 5.32 Å². The Morgan fingerprint density at radius 3 is 2.29 bits per heavy atom. The van der Waals surface area contributed by atoms with Crippen LogP contribution < -0.4 is 5.32 Å². The molecule has 0 atom stereocenters. The number of rotatable bonds is 2. The Labute approximate surface area is 128 Å². The Morgan fingerprint density at radius 1 is 0.810 bits per heavy atom. The lowest BCUT2D eigenvalue weighted by molar-refractivity contribution is 0.399. The van der Waals surface area contributed by atoms with E-state index in [0.717, 1.165) is 25.4 Å². The van der Waals surface area contributed by atoms with Crippen molar-refractivity contribution in [3.63, 3.8) is 0 Å². The summed E-state index contributed by atoms with van der Waals surface area (Å²) in [6.45, 7) is 2.07. The molecular formula is C18H27N3. The van der Waals surface area contributed by atoms with E-state index in [-0.39, 0.29) is 0 Å². The van der Waals surface area contributed by atoms with Crippen LogP contribution in [-0.4, -0.2) is 16.5 Å². The predicted octanol–water partition coefficient (Wildman–Crippen LogP) is 3.83. The fourth-order valence-electron chi connectivity index (χ4n) is 4.13. The van der Waals surface area contributed by atoms with Gasteiger partial charge in [0.25, 0.3) is 0 Å². The topological polar surface area (TPSA) is 37.8 Å². The number of nitrogens with one attached hydrogen (secondary N) is 1. The largest absolute Gasteiger partial charge is 0.312 e. The monoisotopic (exact) mass is 285 g/mol. The van der Waals surface area contributed by atoms with Crippen LogP contribution >= 0.6 is 0 Å². The van der Waals surface area contributed by atoms with E-state index in [9.17, 15) is 0 Å². The average molecular weight is 285 g/mol. The molecule has 0 aromatic carbocycles. The number of hydrogen-bond donors (Lipinski definition) is 1. The van der Waals surface area contributed by atoms with Crippen molar-refractivity contribution in [3.8, 4) is 0 Å². The van der Waals surface area contributed by atoms with E-state index in [1.54, 1.807) is 0 Å². The van der Waals surface area contributed by atoms with Crippen molar-refractivity contribution in [1.82, 2.24) is 15.3 Å². The third-order valence-corrected chi connectivity index (χ3v) is 5.69. The molecule has 3 heteroatoms. The van der Waals surface area contributed by atoms with E-state index in [4.69, 9.17) is 9.97 Å². The summed E-state index contributed by atoms with van der Waals surface area (Å²) < 4.78 is 0. The molecule has 0 radical (unpaired) electrons. The van der Waals surface area contributed by atoms with Gasteiger partial charge in [-0.2, -0.15) is 0 Å². The Balaban J connectivity index is 1.69. The summed E-state index contributed by atoms with van der Waals surface area (Å²) >= 11 is 0. The number of hydrogen-bond acceptors (Lipinski definition) is 3. The smallest absolute Gasteiger partial charge is 0.131 e. The van der Waals surface area contributed by atoms with Gasteiger partial charge in [0, 0.05) is 36.9 Å². The summed E-state index contributed by atoms with van der Waals surface area (Å²) in [4.78, 5) is 10.2.